The van der Waals surface area contributed by atoms with E-state index in [0.29, 0.717) is 6.54 Å². The Hall–Kier alpha value is -2.18. The molecule has 0 bridgehead atoms. The highest BCUT2D eigenvalue weighted by atomic mass is 16.2. The fourth-order valence-corrected chi connectivity index (χ4v) is 3.29. The molecule has 1 aromatic heterocycles. The van der Waals surface area contributed by atoms with E-state index in [0.717, 1.165) is 43.0 Å². The first-order valence-corrected chi connectivity index (χ1v) is 8.71. The summed E-state index contributed by atoms with van der Waals surface area (Å²) < 4.78 is 2.71. The van der Waals surface area contributed by atoms with Crippen LogP contribution in [0.15, 0.2) is 39.9 Å². The summed E-state index contributed by atoms with van der Waals surface area (Å²) in [5.74, 6) is 0. The summed E-state index contributed by atoms with van der Waals surface area (Å²) >= 11 is 0. The summed E-state index contributed by atoms with van der Waals surface area (Å²) in [4.78, 5) is 28.7. The largest absolute Gasteiger partial charge is 0.330 e. The number of benzene rings is 1. The van der Waals surface area contributed by atoms with Crippen molar-refractivity contribution in [3.8, 4) is 0 Å². The molecule has 6 nitrogen and oxygen atoms in total. The van der Waals surface area contributed by atoms with Crippen LogP contribution < -0.4 is 11.2 Å². The van der Waals surface area contributed by atoms with E-state index in [1.54, 1.807) is 17.7 Å². The molecule has 3 rings (SSSR count). The summed E-state index contributed by atoms with van der Waals surface area (Å²) in [5.41, 5.74) is 2.99. The van der Waals surface area contributed by atoms with Crippen molar-refractivity contribution in [3.63, 3.8) is 0 Å². The molecule has 0 spiro atoms. The first-order valence-electron chi connectivity index (χ1n) is 8.71. The number of hydrogen-bond acceptors (Lipinski definition) is 4. The number of aryl methyl sites for hydroxylation is 1. The predicted octanol–water partition coefficient (Wildman–Crippen LogP) is 0.710. The summed E-state index contributed by atoms with van der Waals surface area (Å²) in [6, 6.07) is 10.1. The van der Waals surface area contributed by atoms with Gasteiger partial charge < -0.3 is 0 Å². The van der Waals surface area contributed by atoms with Crippen LogP contribution >= 0.6 is 0 Å². The summed E-state index contributed by atoms with van der Waals surface area (Å²) in [6.45, 7) is 7.64. The van der Waals surface area contributed by atoms with Crippen LogP contribution in [0.3, 0.4) is 0 Å². The third kappa shape index (κ3) is 3.91. The molecule has 25 heavy (non-hydrogen) atoms. The minimum Gasteiger partial charge on any atom is -0.299 e. The van der Waals surface area contributed by atoms with Crippen LogP contribution in [-0.2, 0) is 27.2 Å². The standard InChI is InChI=1S/C19H26N4O2/c1-15-6-4-5-7-16(15)13-22-8-10-23(11-9-22)14-17-12-18(24)21(3)19(25)20(17)2/h4-7,12H,8-11,13-14H2,1-3H3. The first-order chi connectivity index (χ1) is 12.0. The van der Waals surface area contributed by atoms with Gasteiger partial charge in [-0.3, -0.25) is 23.7 Å². The molecular weight excluding hydrogens is 316 g/mol. The third-order valence-electron chi connectivity index (χ3n) is 5.13. The summed E-state index contributed by atoms with van der Waals surface area (Å²) in [5, 5.41) is 0. The van der Waals surface area contributed by atoms with Crippen LogP contribution in [0.25, 0.3) is 0 Å². The summed E-state index contributed by atoms with van der Waals surface area (Å²) in [7, 11) is 3.24. The highest BCUT2D eigenvalue weighted by Crippen LogP contribution is 2.13. The minimum atomic E-state index is -0.263. The van der Waals surface area contributed by atoms with Crippen LogP contribution in [0.4, 0.5) is 0 Å². The smallest absolute Gasteiger partial charge is 0.299 e. The maximum Gasteiger partial charge on any atom is 0.330 e. The second-order valence-electron chi connectivity index (χ2n) is 6.85. The van der Waals surface area contributed by atoms with Crippen LogP contribution in [0.5, 0.6) is 0 Å². The van der Waals surface area contributed by atoms with Gasteiger partial charge in [0.15, 0.2) is 0 Å². The molecule has 2 heterocycles. The Morgan fingerprint density at radius 2 is 1.48 bits per heavy atom. The maximum atomic E-state index is 12.0. The Kier molecular flexibility index (Phi) is 5.20. The molecule has 1 aromatic carbocycles. The quantitative estimate of drug-likeness (QED) is 0.821. The van der Waals surface area contributed by atoms with E-state index in [-0.39, 0.29) is 11.2 Å². The van der Waals surface area contributed by atoms with Crippen molar-refractivity contribution < 1.29 is 0 Å². The average molecular weight is 342 g/mol. The lowest BCUT2D eigenvalue weighted by atomic mass is 10.1. The molecule has 0 amide bonds. The monoisotopic (exact) mass is 342 g/mol. The Labute approximate surface area is 147 Å². The molecule has 0 saturated carbocycles. The zero-order valence-electron chi connectivity index (χ0n) is 15.2. The zero-order valence-corrected chi connectivity index (χ0v) is 15.2. The number of aromatic nitrogens is 2. The second kappa shape index (κ2) is 7.37. The average Bonchev–Trinajstić information content (AvgIpc) is 2.61. The maximum absolute atomic E-state index is 12.0. The van der Waals surface area contributed by atoms with Crippen molar-refractivity contribution >= 4 is 0 Å². The number of hydrogen-bond donors (Lipinski definition) is 0. The molecule has 0 radical (unpaired) electrons. The Morgan fingerprint density at radius 1 is 0.880 bits per heavy atom. The molecule has 6 heteroatoms. The second-order valence-corrected chi connectivity index (χ2v) is 6.85. The van der Waals surface area contributed by atoms with Gasteiger partial charge >= 0.3 is 5.69 Å². The van der Waals surface area contributed by atoms with Gasteiger partial charge in [-0.25, -0.2) is 4.79 Å². The van der Waals surface area contributed by atoms with Gasteiger partial charge in [0.1, 0.15) is 0 Å². The molecule has 1 saturated heterocycles. The number of piperazine rings is 1. The Balaban J connectivity index is 1.61. The minimum absolute atomic E-state index is 0.240. The normalized spacial score (nSPS) is 16.3. The van der Waals surface area contributed by atoms with Gasteiger partial charge in [-0.2, -0.15) is 0 Å². The molecule has 134 valence electrons. The lowest BCUT2D eigenvalue weighted by Gasteiger charge is -2.35. The fourth-order valence-electron chi connectivity index (χ4n) is 3.29. The highest BCUT2D eigenvalue weighted by molar-refractivity contribution is 5.25. The van der Waals surface area contributed by atoms with Gasteiger partial charge in [-0.15, -0.1) is 0 Å². The van der Waals surface area contributed by atoms with E-state index >= 15 is 0 Å². The van der Waals surface area contributed by atoms with E-state index in [9.17, 15) is 9.59 Å². The van der Waals surface area contributed by atoms with E-state index < -0.39 is 0 Å². The first kappa shape index (κ1) is 17.6. The van der Waals surface area contributed by atoms with Gasteiger partial charge in [0.05, 0.1) is 0 Å². The van der Waals surface area contributed by atoms with Gasteiger partial charge in [-0.1, -0.05) is 24.3 Å². The molecule has 0 aliphatic carbocycles. The van der Waals surface area contributed by atoms with Crippen LogP contribution in [0, 0.1) is 6.92 Å². The SMILES string of the molecule is Cc1ccccc1CN1CCN(Cc2cc(=O)n(C)c(=O)n2C)CC1. The molecule has 1 aliphatic heterocycles. The molecule has 1 aliphatic rings. The Morgan fingerprint density at radius 3 is 2.12 bits per heavy atom. The van der Waals surface area contributed by atoms with Crippen molar-refractivity contribution in [2.75, 3.05) is 26.2 Å². The Bertz CT molecular complexity index is 860. The van der Waals surface area contributed by atoms with Crippen LogP contribution in [0.1, 0.15) is 16.8 Å². The molecule has 1 fully saturated rings. The van der Waals surface area contributed by atoms with Crippen molar-refractivity contribution in [2.45, 2.75) is 20.0 Å². The van der Waals surface area contributed by atoms with Gasteiger partial charge in [0.25, 0.3) is 5.56 Å². The zero-order chi connectivity index (χ0) is 18.0. The predicted molar refractivity (Wildman–Crippen MR) is 98.7 cm³/mol. The van der Waals surface area contributed by atoms with Crippen LogP contribution in [0.2, 0.25) is 0 Å². The van der Waals surface area contributed by atoms with E-state index in [4.69, 9.17) is 0 Å². The molecular formula is C19H26N4O2. The number of nitrogens with zero attached hydrogens (tertiary/aromatic N) is 4. The fraction of sp³-hybridized carbons (Fsp3) is 0.474. The van der Waals surface area contributed by atoms with E-state index in [1.165, 1.54) is 18.2 Å². The number of rotatable bonds is 4. The molecule has 2 aromatic rings. The summed E-state index contributed by atoms with van der Waals surface area (Å²) in [6.07, 6.45) is 0. The lowest BCUT2D eigenvalue weighted by molar-refractivity contribution is 0.119. The molecule has 0 unspecified atom stereocenters. The molecule has 0 atom stereocenters. The van der Waals surface area contributed by atoms with E-state index in [1.807, 2.05) is 0 Å². The van der Waals surface area contributed by atoms with Gasteiger partial charge in [0.2, 0.25) is 0 Å². The van der Waals surface area contributed by atoms with E-state index in [2.05, 4.69) is 41.0 Å². The van der Waals surface area contributed by atoms with Gasteiger partial charge in [0, 0.05) is 65.1 Å². The molecule has 0 N–H and O–H groups in total. The van der Waals surface area contributed by atoms with Crippen molar-refractivity contribution in [3.05, 3.63) is 68.0 Å². The van der Waals surface area contributed by atoms with Crippen molar-refractivity contribution in [1.29, 1.82) is 0 Å². The topological polar surface area (TPSA) is 50.5 Å². The van der Waals surface area contributed by atoms with Crippen molar-refractivity contribution in [1.82, 2.24) is 18.9 Å². The van der Waals surface area contributed by atoms with Crippen LogP contribution in [-0.4, -0.2) is 45.1 Å². The van der Waals surface area contributed by atoms with Gasteiger partial charge in [-0.05, 0) is 18.1 Å². The lowest BCUT2D eigenvalue weighted by Crippen LogP contribution is -2.46. The third-order valence-corrected chi connectivity index (χ3v) is 5.13. The van der Waals surface area contributed by atoms with Crippen molar-refractivity contribution in [2.24, 2.45) is 14.1 Å². The highest BCUT2D eigenvalue weighted by Gasteiger charge is 2.19.